The third-order valence-corrected chi connectivity index (χ3v) is 5.14. The van der Waals surface area contributed by atoms with Crippen LogP contribution < -0.4 is 5.32 Å². The van der Waals surface area contributed by atoms with Gasteiger partial charge in [-0.05, 0) is 38.9 Å². The van der Waals surface area contributed by atoms with Crippen molar-refractivity contribution in [1.82, 2.24) is 24.7 Å². The van der Waals surface area contributed by atoms with Gasteiger partial charge in [-0.25, -0.2) is 9.78 Å². The van der Waals surface area contributed by atoms with Crippen molar-refractivity contribution >= 4 is 6.03 Å². The molecule has 0 bridgehead atoms. The fourth-order valence-electron chi connectivity index (χ4n) is 3.62. The fraction of sp³-hybridized carbons (Fsp3) is 0.524. The number of nitrogens with one attached hydrogen (secondary N) is 1. The maximum atomic E-state index is 12.6. The standard InChI is InChI=1S/C21H31N5O/c1-24(2)15-16-25-14-12-22-20(25)19-9-6-13-26(17-19)21(27)23-11-10-18-7-4-3-5-8-18/h3-5,7-8,12,14,19H,6,9-11,13,15-17H2,1-2H3,(H,23,27)/t19-/m0/s1. The molecule has 0 saturated carbocycles. The molecule has 1 aliphatic rings. The smallest absolute Gasteiger partial charge is 0.317 e. The van der Waals surface area contributed by atoms with Gasteiger partial charge in [-0.3, -0.25) is 0 Å². The number of benzene rings is 1. The third-order valence-electron chi connectivity index (χ3n) is 5.14. The highest BCUT2D eigenvalue weighted by atomic mass is 16.2. The van der Waals surface area contributed by atoms with E-state index in [1.54, 1.807) is 0 Å². The monoisotopic (exact) mass is 369 g/mol. The van der Waals surface area contributed by atoms with Crippen molar-refractivity contribution in [3.63, 3.8) is 0 Å². The molecule has 1 aromatic heterocycles. The van der Waals surface area contributed by atoms with E-state index in [0.29, 0.717) is 12.5 Å². The predicted molar refractivity (Wildman–Crippen MR) is 108 cm³/mol. The van der Waals surface area contributed by atoms with Crippen LogP contribution >= 0.6 is 0 Å². The lowest BCUT2D eigenvalue weighted by Gasteiger charge is -2.32. The summed E-state index contributed by atoms with van der Waals surface area (Å²) in [5.74, 6) is 1.43. The minimum Gasteiger partial charge on any atom is -0.338 e. The van der Waals surface area contributed by atoms with Crippen molar-refractivity contribution in [3.8, 4) is 0 Å². The number of carbonyl (C=O) groups excluding carboxylic acids is 1. The molecule has 1 atom stereocenters. The average molecular weight is 370 g/mol. The Labute approximate surface area is 162 Å². The second-order valence-corrected chi connectivity index (χ2v) is 7.53. The Balaban J connectivity index is 1.51. The van der Waals surface area contributed by atoms with Gasteiger partial charge in [0, 0.05) is 51.0 Å². The molecule has 1 aromatic carbocycles. The highest BCUT2D eigenvalue weighted by Gasteiger charge is 2.27. The number of piperidine rings is 1. The predicted octanol–water partition coefficient (Wildman–Crippen LogP) is 2.58. The SMILES string of the molecule is CN(C)CCn1ccnc1[C@H]1CCCN(C(=O)NCCc2ccccc2)C1. The summed E-state index contributed by atoms with van der Waals surface area (Å²) in [6, 6.07) is 10.3. The van der Waals surface area contributed by atoms with Crippen LogP contribution in [0.2, 0.25) is 0 Å². The van der Waals surface area contributed by atoms with Gasteiger partial charge in [0.15, 0.2) is 0 Å². The maximum Gasteiger partial charge on any atom is 0.317 e. The molecule has 27 heavy (non-hydrogen) atoms. The van der Waals surface area contributed by atoms with E-state index in [4.69, 9.17) is 0 Å². The van der Waals surface area contributed by atoms with Crippen LogP contribution in [0.15, 0.2) is 42.7 Å². The molecule has 3 rings (SSSR count). The molecule has 6 heteroatoms. The Morgan fingerprint density at radius 2 is 2.11 bits per heavy atom. The molecule has 1 aliphatic heterocycles. The van der Waals surface area contributed by atoms with Crippen LogP contribution in [0.25, 0.3) is 0 Å². The van der Waals surface area contributed by atoms with Crippen LogP contribution in [0.5, 0.6) is 0 Å². The minimum absolute atomic E-state index is 0.0435. The van der Waals surface area contributed by atoms with E-state index in [-0.39, 0.29) is 6.03 Å². The summed E-state index contributed by atoms with van der Waals surface area (Å²) in [4.78, 5) is 21.3. The highest BCUT2D eigenvalue weighted by Crippen LogP contribution is 2.25. The van der Waals surface area contributed by atoms with E-state index in [1.807, 2.05) is 29.3 Å². The topological polar surface area (TPSA) is 53.4 Å². The molecule has 2 heterocycles. The second kappa shape index (κ2) is 9.55. The normalized spacial score (nSPS) is 17.3. The van der Waals surface area contributed by atoms with Crippen molar-refractivity contribution in [1.29, 1.82) is 0 Å². The van der Waals surface area contributed by atoms with Crippen LogP contribution in [0.4, 0.5) is 4.79 Å². The van der Waals surface area contributed by atoms with Crippen molar-refractivity contribution in [2.24, 2.45) is 0 Å². The molecule has 0 spiro atoms. The lowest BCUT2D eigenvalue weighted by Crippen LogP contribution is -2.45. The fourth-order valence-corrected chi connectivity index (χ4v) is 3.62. The van der Waals surface area contributed by atoms with Gasteiger partial charge in [0.1, 0.15) is 5.82 Å². The number of hydrogen-bond acceptors (Lipinski definition) is 3. The molecule has 0 aliphatic carbocycles. The van der Waals surface area contributed by atoms with Gasteiger partial charge in [0.2, 0.25) is 0 Å². The zero-order valence-corrected chi connectivity index (χ0v) is 16.5. The number of likely N-dealkylation sites (tertiary alicyclic amines) is 1. The molecule has 2 aromatic rings. The summed E-state index contributed by atoms with van der Waals surface area (Å²) in [7, 11) is 4.16. The molecule has 1 fully saturated rings. The number of carbonyl (C=O) groups is 1. The minimum atomic E-state index is 0.0435. The van der Waals surface area contributed by atoms with Crippen LogP contribution in [-0.4, -0.2) is 65.7 Å². The first kappa shape index (κ1) is 19.4. The van der Waals surface area contributed by atoms with Crippen molar-refractivity contribution in [3.05, 3.63) is 54.1 Å². The molecule has 6 nitrogen and oxygen atoms in total. The van der Waals surface area contributed by atoms with E-state index in [1.165, 1.54) is 5.56 Å². The number of likely N-dealkylation sites (N-methyl/N-ethyl adjacent to an activating group) is 1. The summed E-state index contributed by atoms with van der Waals surface area (Å²) in [6.07, 6.45) is 6.91. The van der Waals surface area contributed by atoms with Crippen molar-refractivity contribution < 1.29 is 4.79 Å². The van der Waals surface area contributed by atoms with E-state index in [9.17, 15) is 4.79 Å². The van der Waals surface area contributed by atoms with E-state index in [0.717, 1.165) is 51.3 Å². The largest absolute Gasteiger partial charge is 0.338 e. The zero-order chi connectivity index (χ0) is 19.1. The Morgan fingerprint density at radius 3 is 2.89 bits per heavy atom. The van der Waals surface area contributed by atoms with Gasteiger partial charge in [-0.1, -0.05) is 30.3 Å². The Kier molecular flexibility index (Phi) is 6.87. The first-order chi connectivity index (χ1) is 13.1. The van der Waals surface area contributed by atoms with E-state index < -0.39 is 0 Å². The summed E-state index contributed by atoms with van der Waals surface area (Å²) < 4.78 is 2.24. The molecule has 0 radical (unpaired) electrons. The Hall–Kier alpha value is -2.34. The van der Waals surface area contributed by atoms with Gasteiger partial charge in [-0.2, -0.15) is 0 Å². The average Bonchev–Trinajstić information content (AvgIpc) is 3.16. The maximum absolute atomic E-state index is 12.6. The lowest BCUT2D eigenvalue weighted by molar-refractivity contribution is 0.177. The first-order valence-corrected chi connectivity index (χ1v) is 9.86. The van der Waals surface area contributed by atoms with Crippen LogP contribution in [0, 0.1) is 0 Å². The van der Waals surface area contributed by atoms with Gasteiger partial charge < -0.3 is 19.7 Å². The molecule has 2 amide bonds. The quantitative estimate of drug-likeness (QED) is 0.816. The number of rotatable bonds is 7. The number of aromatic nitrogens is 2. The number of imidazole rings is 1. The van der Waals surface area contributed by atoms with E-state index >= 15 is 0 Å². The van der Waals surface area contributed by atoms with Crippen LogP contribution in [0.1, 0.15) is 30.1 Å². The number of urea groups is 1. The Bertz CT molecular complexity index is 712. The summed E-state index contributed by atoms with van der Waals surface area (Å²) >= 11 is 0. The number of nitrogens with zero attached hydrogens (tertiary/aromatic N) is 4. The molecule has 1 N–H and O–H groups in total. The third kappa shape index (κ3) is 5.57. The lowest BCUT2D eigenvalue weighted by atomic mass is 9.97. The van der Waals surface area contributed by atoms with Crippen LogP contribution in [-0.2, 0) is 13.0 Å². The Morgan fingerprint density at radius 1 is 1.30 bits per heavy atom. The first-order valence-electron chi connectivity index (χ1n) is 9.86. The van der Waals surface area contributed by atoms with Gasteiger partial charge >= 0.3 is 6.03 Å². The molecular weight excluding hydrogens is 338 g/mol. The zero-order valence-electron chi connectivity index (χ0n) is 16.5. The number of amides is 2. The van der Waals surface area contributed by atoms with Gasteiger partial charge in [-0.15, -0.1) is 0 Å². The molecule has 0 unspecified atom stereocenters. The highest BCUT2D eigenvalue weighted by molar-refractivity contribution is 5.74. The van der Waals surface area contributed by atoms with Crippen molar-refractivity contribution in [2.45, 2.75) is 31.7 Å². The van der Waals surface area contributed by atoms with Crippen LogP contribution in [0.3, 0.4) is 0 Å². The molecular formula is C21H31N5O. The van der Waals surface area contributed by atoms with Gasteiger partial charge in [0.05, 0.1) is 0 Å². The summed E-state index contributed by atoms with van der Waals surface area (Å²) in [6.45, 7) is 4.16. The van der Waals surface area contributed by atoms with Crippen molar-refractivity contribution in [2.75, 3.05) is 40.3 Å². The summed E-state index contributed by atoms with van der Waals surface area (Å²) in [5, 5.41) is 3.07. The number of hydrogen-bond donors (Lipinski definition) is 1. The molecule has 146 valence electrons. The molecule has 1 saturated heterocycles. The van der Waals surface area contributed by atoms with E-state index in [2.05, 4.69) is 52.2 Å². The second-order valence-electron chi connectivity index (χ2n) is 7.53. The van der Waals surface area contributed by atoms with Gasteiger partial charge in [0.25, 0.3) is 0 Å². The summed E-state index contributed by atoms with van der Waals surface area (Å²) in [5.41, 5.74) is 1.25.